The lowest BCUT2D eigenvalue weighted by atomic mass is 10.3. The van der Waals surface area contributed by atoms with E-state index in [1.165, 1.54) is 11.8 Å². The molecule has 4 heterocycles. The summed E-state index contributed by atoms with van der Waals surface area (Å²) in [4.78, 5) is 22.5. The highest BCUT2D eigenvalue weighted by Crippen LogP contribution is 2.35. The molecule has 9 heteroatoms. The molecule has 4 aromatic heterocycles. The van der Waals surface area contributed by atoms with Gasteiger partial charge in [0.2, 0.25) is 0 Å². The van der Waals surface area contributed by atoms with E-state index >= 15 is 0 Å². The van der Waals surface area contributed by atoms with E-state index in [4.69, 9.17) is 16.6 Å². The highest BCUT2D eigenvalue weighted by Gasteiger charge is 2.17. The molecule has 0 amide bonds. The van der Waals surface area contributed by atoms with Gasteiger partial charge in [-0.1, -0.05) is 18.5 Å². The molecule has 0 fully saturated rings. The first-order valence-corrected chi connectivity index (χ1v) is 10.2. The molecule has 7 nitrogen and oxygen atoms in total. The summed E-state index contributed by atoms with van der Waals surface area (Å²) in [5, 5.41) is 8.62. The van der Waals surface area contributed by atoms with Gasteiger partial charge in [0, 0.05) is 36.1 Å². The van der Waals surface area contributed by atoms with Crippen LogP contribution in [0.1, 0.15) is 12.6 Å². The van der Waals surface area contributed by atoms with Crippen LogP contribution in [-0.2, 0) is 6.42 Å². The number of H-pyrrole nitrogens is 1. The number of rotatable bonds is 7. The molecule has 3 N–H and O–H groups in total. The normalized spacial score (nSPS) is 11.4. The Balaban J connectivity index is 1.72. The maximum atomic E-state index is 6.56. The SMILES string of the molecule is CCc1[nH]c2nc(Sc3cnc4cccnc4c3)nc(NCCNC)c2c1Cl. The van der Waals surface area contributed by atoms with Crippen molar-refractivity contribution in [2.24, 2.45) is 0 Å². The molecule has 0 unspecified atom stereocenters. The van der Waals surface area contributed by atoms with Gasteiger partial charge >= 0.3 is 0 Å². The van der Waals surface area contributed by atoms with Gasteiger partial charge in [-0.2, -0.15) is 0 Å². The van der Waals surface area contributed by atoms with E-state index in [-0.39, 0.29) is 0 Å². The third kappa shape index (κ3) is 3.76. The van der Waals surface area contributed by atoms with Crippen LogP contribution in [-0.4, -0.2) is 45.1 Å². The molecule has 0 aromatic carbocycles. The second-order valence-electron chi connectivity index (χ2n) is 6.19. The molecule has 4 aromatic rings. The Hall–Kier alpha value is -2.42. The van der Waals surface area contributed by atoms with E-state index in [1.54, 1.807) is 6.20 Å². The number of halogens is 1. The summed E-state index contributed by atoms with van der Waals surface area (Å²) < 4.78 is 0. The van der Waals surface area contributed by atoms with Crippen molar-refractivity contribution in [3.05, 3.63) is 41.3 Å². The average molecular weight is 414 g/mol. The number of nitrogens with one attached hydrogen (secondary N) is 3. The van der Waals surface area contributed by atoms with Crippen molar-refractivity contribution in [1.29, 1.82) is 0 Å². The second kappa shape index (κ2) is 8.30. The van der Waals surface area contributed by atoms with Crippen LogP contribution in [0.15, 0.2) is 40.6 Å². The van der Waals surface area contributed by atoms with Gasteiger partial charge in [-0.3, -0.25) is 9.97 Å². The third-order valence-corrected chi connectivity index (χ3v) is 5.54. The Kier molecular flexibility index (Phi) is 5.61. The van der Waals surface area contributed by atoms with Gasteiger partial charge in [0.05, 0.1) is 21.4 Å². The third-order valence-electron chi connectivity index (χ3n) is 4.30. The summed E-state index contributed by atoms with van der Waals surface area (Å²) >= 11 is 8.01. The zero-order valence-corrected chi connectivity index (χ0v) is 17.2. The minimum atomic E-state index is 0.622. The van der Waals surface area contributed by atoms with E-state index in [1.807, 2.05) is 31.4 Å². The lowest BCUT2D eigenvalue weighted by Crippen LogP contribution is -2.18. The van der Waals surface area contributed by atoms with Crippen LogP contribution < -0.4 is 10.6 Å². The highest BCUT2D eigenvalue weighted by atomic mass is 35.5. The van der Waals surface area contributed by atoms with Crippen molar-refractivity contribution in [3.63, 3.8) is 0 Å². The summed E-state index contributed by atoms with van der Waals surface area (Å²) in [6, 6.07) is 5.81. The number of hydrogen-bond acceptors (Lipinski definition) is 7. The number of aromatic nitrogens is 5. The van der Waals surface area contributed by atoms with E-state index in [0.29, 0.717) is 10.2 Å². The van der Waals surface area contributed by atoms with Crippen molar-refractivity contribution in [1.82, 2.24) is 30.2 Å². The molecule has 0 aliphatic heterocycles. The number of anilines is 1. The monoisotopic (exact) mass is 413 g/mol. The Morgan fingerprint density at radius 1 is 1.18 bits per heavy atom. The predicted octanol–water partition coefficient (Wildman–Crippen LogP) is 3.90. The van der Waals surface area contributed by atoms with Gasteiger partial charge in [0.15, 0.2) is 5.16 Å². The molecular formula is C19H20ClN7S. The van der Waals surface area contributed by atoms with E-state index < -0.39 is 0 Å². The second-order valence-corrected chi connectivity index (χ2v) is 7.61. The molecule has 0 aliphatic carbocycles. The summed E-state index contributed by atoms with van der Waals surface area (Å²) in [5.41, 5.74) is 3.40. The van der Waals surface area contributed by atoms with Gasteiger partial charge in [-0.05, 0) is 43.4 Å². The van der Waals surface area contributed by atoms with Crippen molar-refractivity contribution in [2.75, 3.05) is 25.5 Å². The fourth-order valence-corrected chi connectivity index (χ4v) is 4.03. The van der Waals surface area contributed by atoms with E-state index in [0.717, 1.165) is 58.0 Å². The largest absolute Gasteiger partial charge is 0.368 e. The number of aryl methyl sites for hydroxylation is 1. The lowest BCUT2D eigenvalue weighted by Gasteiger charge is -2.09. The maximum absolute atomic E-state index is 6.56. The van der Waals surface area contributed by atoms with Gasteiger partial charge < -0.3 is 15.6 Å². The van der Waals surface area contributed by atoms with Crippen LogP contribution in [0.5, 0.6) is 0 Å². The summed E-state index contributed by atoms with van der Waals surface area (Å²) in [5.74, 6) is 0.732. The first-order chi connectivity index (χ1) is 13.7. The smallest absolute Gasteiger partial charge is 0.196 e. The zero-order valence-electron chi connectivity index (χ0n) is 15.6. The van der Waals surface area contributed by atoms with Crippen LogP contribution in [0.2, 0.25) is 5.02 Å². The van der Waals surface area contributed by atoms with Crippen molar-refractivity contribution >= 4 is 51.2 Å². The Bertz CT molecular complexity index is 1130. The van der Waals surface area contributed by atoms with Crippen molar-refractivity contribution in [2.45, 2.75) is 23.4 Å². The van der Waals surface area contributed by atoms with E-state index in [9.17, 15) is 0 Å². The molecule has 144 valence electrons. The molecule has 0 bridgehead atoms. The highest BCUT2D eigenvalue weighted by molar-refractivity contribution is 7.99. The molecule has 28 heavy (non-hydrogen) atoms. The molecule has 4 rings (SSSR count). The number of pyridine rings is 2. The average Bonchev–Trinajstić information content (AvgIpc) is 3.04. The zero-order chi connectivity index (χ0) is 19.5. The summed E-state index contributed by atoms with van der Waals surface area (Å²) in [6.45, 7) is 3.61. The molecule has 0 atom stereocenters. The topological polar surface area (TPSA) is 91.4 Å². The molecule has 0 saturated carbocycles. The van der Waals surface area contributed by atoms with Gasteiger partial charge in [0.1, 0.15) is 11.5 Å². The fraction of sp³-hybridized carbons (Fsp3) is 0.263. The van der Waals surface area contributed by atoms with Crippen LogP contribution in [0.4, 0.5) is 5.82 Å². The predicted molar refractivity (Wildman–Crippen MR) is 114 cm³/mol. The van der Waals surface area contributed by atoms with Crippen LogP contribution in [0.3, 0.4) is 0 Å². The number of aromatic amines is 1. The van der Waals surface area contributed by atoms with Crippen molar-refractivity contribution in [3.8, 4) is 0 Å². The quantitative estimate of drug-likeness (QED) is 0.312. The van der Waals surface area contributed by atoms with Crippen LogP contribution in [0, 0.1) is 0 Å². The maximum Gasteiger partial charge on any atom is 0.196 e. The standard InChI is InChI=1S/C19H20ClN7S/c1-3-12-16(20)15-17(23-8-7-21-2)26-19(27-18(15)25-12)28-11-9-14-13(24-10-11)5-4-6-22-14/h4-6,9-10,21H,3,7-8H2,1-2H3,(H2,23,25,26,27). The molecule has 0 spiro atoms. The van der Waals surface area contributed by atoms with Gasteiger partial charge in [0.25, 0.3) is 0 Å². The number of likely N-dealkylation sites (N-methyl/N-ethyl adjacent to an activating group) is 1. The lowest BCUT2D eigenvalue weighted by molar-refractivity contribution is 0.819. The van der Waals surface area contributed by atoms with Gasteiger partial charge in [-0.25, -0.2) is 9.97 Å². The Labute approximate surface area is 171 Å². The molecule has 0 radical (unpaired) electrons. The first kappa shape index (κ1) is 18.9. The number of hydrogen-bond donors (Lipinski definition) is 3. The first-order valence-electron chi connectivity index (χ1n) is 9.04. The minimum Gasteiger partial charge on any atom is -0.368 e. The van der Waals surface area contributed by atoms with Crippen LogP contribution >= 0.6 is 23.4 Å². The van der Waals surface area contributed by atoms with Crippen LogP contribution in [0.25, 0.3) is 22.1 Å². The summed E-state index contributed by atoms with van der Waals surface area (Å²) in [7, 11) is 1.91. The molecular weight excluding hydrogens is 394 g/mol. The van der Waals surface area contributed by atoms with E-state index in [2.05, 4.69) is 37.5 Å². The minimum absolute atomic E-state index is 0.622. The Morgan fingerprint density at radius 2 is 2.07 bits per heavy atom. The fourth-order valence-electron chi connectivity index (χ4n) is 2.91. The number of fused-ring (bicyclic) bond motifs is 2. The summed E-state index contributed by atoms with van der Waals surface area (Å²) in [6.07, 6.45) is 4.38. The van der Waals surface area contributed by atoms with Gasteiger partial charge in [-0.15, -0.1) is 0 Å². The number of nitrogens with zero attached hydrogens (tertiary/aromatic N) is 4. The molecule has 0 saturated heterocycles. The Morgan fingerprint density at radius 3 is 2.89 bits per heavy atom. The molecule has 0 aliphatic rings. The van der Waals surface area contributed by atoms with Crippen molar-refractivity contribution < 1.29 is 0 Å².